The molecule has 0 aromatic carbocycles. The fourth-order valence-electron chi connectivity index (χ4n) is 3.47. The van der Waals surface area contributed by atoms with Crippen LogP contribution < -0.4 is 22.1 Å². The van der Waals surface area contributed by atoms with Crippen LogP contribution >= 0.6 is 0 Å². The molecule has 0 aliphatic carbocycles. The van der Waals surface area contributed by atoms with Crippen molar-refractivity contribution in [2.45, 2.75) is 76.5 Å². The quantitative estimate of drug-likeness (QED) is 0.180. The van der Waals surface area contributed by atoms with Gasteiger partial charge in [0.2, 0.25) is 17.7 Å². The van der Waals surface area contributed by atoms with Gasteiger partial charge in [-0.1, -0.05) is 13.8 Å². The molecule has 12 nitrogen and oxygen atoms in total. The zero-order valence-corrected chi connectivity index (χ0v) is 18.6. The number of carbonyl (C=O) groups excluding carboxylic acids is 3. The molecule has 0 spiro atoms. The molecule has 0 radical (unpaired) electrons. The number of amides is 3. The summed E-state index contributed by atoms with van der Waals surface area (Å²) in [5, 5.41) is 23.5. The Hall–Kier alpha value is -2.73. The van der Waals surface area contributed by atoms with E-state index in [-0.39, 0.29) is 25.3 Å². The average molecular weight is 458 g/mol. The van der Waals surface area contributed by atoms with Gasteiger partial charge in [-0.05, 0) is 44.6 Å². The van der Waals surface area contributed by atoms with Gasteiger partial charge in [-0.3, -0.25) is 19.2 Å². The number of aliphatic carboxylic acids is 2. The molecule has 1 aliphatic heterocycles. The van der Waals surface area contributed by atoms with E-state index in [2.05, 4.69) is 10.6 Å². The Morgan fingerprint density at radius 1 is 1.03 bits per heavy atom. The first-order valence-corrected chi connectivity index (χ1v) is 10.8. The molecular weight excluding hydrogens is 422 g/mol. The van der Waals surface area contributed by atoms with Crippen molar-refractivity contribution in [3.05, 3.63) is 0 Å². The normalized spacial score (nSPS) is 18.7. The number of hydrogen-bond acceptors (Lipinski definition) is 7. The highest BCUT2D eigenvalue weighted by molar-refractivity contribution is 5.95. The van der Waals surface area contributed by atoms with Crippen LogP contribution in [0.4, 0.5) is 0 Å². The summed E-state index contributed by atoms with van der Waals surface area (Å²) in [6.45, 7) is 4.05. The van der Waals surface area contributed by atoms with Crippen LogP contribution in [-0.4, -0.2) is 82.0 Å². The van der Waals surface area contributed by atoms with Crippen LogP contribution in [0.25, 0.3) is 0 Å². The van der Waals surface area contributed by atoms with Gasteiger partial charge in [-0.15, -0.1) is 0 Å². The summed E-state index contributed by atoms with van der Waals surface area (Å²) >= 11 is 0. The maximum absolute atomic E-state index is 12.9. The van der Waals surface area contributed by atoms with Gasteiger partial charge < -0.3 is 37.2 Å². The van der Waals surface area contributed by atoms with Gasteiger partial charge in [-0.25, -0.2) is 4.79 Å². The number of unbranched alkanes of at least 4 members (excludes halogenated alkanes) is 1. The van der Waals surface area contributed by atoms with Crippen LogP contribution in [0.5, 0.6) is 0 Å². The Labute approximate surface area is 187 Å². The first-order valence-electron chi connectivity index (χ1n) is 10.8. The van der Waals surface area contributed by atoms with E-state index in [9.17, 15) is 34.2 Å². The molecule has 4 unspecified atom stereocenters. The van der Waals surface area contributed by atoms with Gasteiger partial charge in [-0.2, -0.15) is 0 Å². The molecular formula is C20H35N5O7. The number of rotatable bonds is 13. The Morgan fingerprint density at radius 2 is 1.66 bits per heavy atom. The molecule has 8 N–H and O–H groups in total. The van der Waals surface area contributed by atoms with Gasteiger partial charge in [0, 0.05) is 6.54 Å². The summed E-state index contributed by atoms with van der Waals surface area (Å²) in [6, 6.07) is -4.43. The van der Waals surface area contributed by atoms with Gasteiger partial charge in [0.05, 0.1) is 12.5 Å². The van der Waals surface area contributed by atoms with Crippen molar-refractivity contribution < 1.29 is 34.2 Å². The standard InChI is InChI=1S/C20H35N5O7/c1-11(2)16(22)18(29)23-12(6-3-4-8-21)17(28)24-13(10-15(26)27)19(30)25-9-5-7-14(25)20(31)32/h11-14,16H,3-10,21-22H2,1-2H3,(H,23,29)(H,24,28)(H,26,27)(H,31,32). The number of carbonyl (C=O) groups is 5. The molecule has 1 heterocycles. The lowest BCUT2D eigenvalue weighted by Crippen LogP contribution is -2.58. The topological polar surface area (TPSA) is 205 Å². The number of carboxylic acid groups (broad SMARTS) is 2. The second-order valence-corrected chi connectivity index (χ2v) is 8.30. The Morgan fingerprint density at radius 3 is 2.19 bits per heavy atom. The molecule has 0 saturated carbocycles. The van der Waals surface area contributed by atoms with Crippen molar-refractivity contribution in [3.63, 3.8) is 0 Å². The summed E-state index contributed by atoms with van der Waals surface area (Å²) in [4.78, 5) is 62.0. The van der Waals surface area contributed by atoms with Gasteiger partial charge in [0.15, 0.2) is 0 Å². The highest BCUT2D eigenvalue weighted by Crippen LogP contribution is 2.19. The van der Waals surface area contributed by atoms with Gasteiger partial charge >= 0.3 is 11.9 Å². The van der Waals surface area contributed by atoms with E-state index in [0.29, 0.717) is 25.8 Å². The molecule has 32 heavy (non-hydrogen) atoms. The maximum Gasteiger partial charge on any atom is 0.326 e. The predicted octanol–water partition coefficient (Wildman–Crippen LogP) is -1.38. The smallest absolute Gasteiger partial charge is 0.326 e. The largest absolute Gasteiger partial charge is 0.481 e. The number of nitrogens with two attached hydrogens (primary N) is 2. The second kappa shape index (κ2) is 13.0. The van der Waals surface area contributed by atoms with Crippen molar-refractivity contribution in [2.75, 3.05) is 13.1 Å². The summed E-state index contributed by atoms with van der Waals surface area (Å²) in [7, 11) is 0. The van der Waals surface area contributed by atoms with Crippen molar-refractivity contribution in [3.8, 4) is 0 Å². The van der Waals surface area contributed by atoms with E-state index >= 15 is 0 Å². The summed E-state index contributed by atoms with van der Waals surface area (Å²) in [5.74, 6) is -4.76. The SMILES string of the molecule is CC(C)C(N)C(=O)NC(CCCCN)C(=O)NC(CC(=O)O)C(=O)N1CCCC1C(=O)O. The van der Waals surface area contributed by atoms with Crippen molar-refractivity contribution >= 4 is 29.7 Å². The average Bonchev–Trinajstić information content (AvgIpc) is 3.21. The molecule has 0 aromatic rings. The van der Waals surface area contributed by atoms with Crippen LogP contribution in [0.15, 0.2) is 0 Å². The molecule has 0 aromatic heterocycles. The highest BCUT2D eigenvalue weighted by atomic mass is 16.4. The van der Waals surface area contributed by atoms with Crippen LogP contribution in [-0.2, 0) is 24.0 Å². The molecule has 1 fully saturated rings. The number of likely N-dealkylation sites (tertiary alicyclic amines) is 1. The van der Waals surface area contributed by atoms with Crippen LogP contribution in [0.3, 0.4) is 0 Å². The lowest BCUT2D eigenvalue weighted by molar-refractivity contribution is -0.150. The van der Waals surface area contributed by atoms with Crippen molar-refractivity contribution in [1.29, 1.82) is 0 Å². The third-order valence-corrected chi connectivity index (χ3v) is 5.42. The Balaban J connectivity index is 3.00. The molecule has 3 amide bonds. The first-order chi connectivity index (χ1) is 15.0. The van der Waals surface area contributed by atoms with Gasteiger partial charge in [0.25, 0.3) is 0 Å². The van der Waals surface area contributed by atoms with Crippen LogP contribution in [0, 0.1) is 5.92 Å². The van der Waals surface area contributed by atoms with Gasteiger partial charge in [0.1, 0.15) is 18.1 Å². The second-order valence-electron chi connectivity index (χ2n) is 8.30. The molecule has 182 valence electrons. The predicted molar refractivity (Wildman–Crippen MR) is 114 cm³/mol. The minimum absolute atomic E-state index is 0.154. The summed E-state index contributed by atoms with van der Waals surface area (Å²) in [6.07, 6.45) is 1.32. The molecule has 0 bridgehead atoms. The fraction of sp³-hybridized carbons (Fsp3) is 0.750. The van der Waals surface area contributed by atoms with E-state index in [1.165, 1.54) is 0 Å². The minimum Gasteiger partial charge on any atom is -0.481 e. The Bertz CT molecular complexity index is 700. The molecule has 1 rings (SSSR count). The zero-order valence-electron chi connectivity index (χ0n) is 18.6. The van der Waals surface area contributed by atoms with Crippen LogP contribution in [0.2, 0.25) is 0 Å². The summed E-state index contributed by atoms with van der Waals surface area (Å²) < 4.78 is 0. The number of nitrogens with one attached hydrogen (secondary N) is 2. The minimum atomic E-state index is -1.47. The maximum atomic E-state index is 12.9. The molecule has 4 atom stereocenters. The first kappa shape index (κ1) is 27.3. The lowest BCUT2D eigenvalue weighted by atomic mass is 10.0. The Kier molecular flexibility index (Phi) is 11.1. The zero-order chi connectivity index (χ0) is 24.4. The molecule has 1 saturated heterocycles. The van der Waals surface area contributed by atoms with E-state index < -0.39 is 60.2 Å². The van der Waals surface area contributed by atoms with Crippen LogP contribution in [0.1, 0.15) is 52.4 Å². The fourth-order valence-corrected chi connectivity index (χ4v) is 3.47. The number of nitrogens with zero attached hydrogens (tertiary/aromatic N) is 1. The van der Waals surface area contributed by atoms with Crippen molar-refractivity contribution in [1.82, 2.24) is 15.5 Å². The lowest BCUT2D eigenvalue weighted by Gasteiger charge is -2.28. The third-order valence-electron chi connectivity index (χ3n) is 5.42. The molecule has 12 heteroatoms. The van der Waals surface area contributed by atoms with E-state index in [0.717, 1.165) is 4.90 Å². The third kappa shape index (κ3) is 8.08. The molecule has 1 aliphatic rings. The van der Waals surface area contributed by atoms with E-state index in [1.54, 1.807) is 13.8 Å². The summed E-state index contributed by atoms with van der Waals surface area (Å²) in [5.41, 5.74) is 11.3. The number of carboxylic acids is 2. The highest BCUT2D eigenvalue weighted by Gasteiger charge is 2.39. The number of hydrogen-bond donors (Lipinski definition) is 6. The van der Waals surface area contributed by atoms with E-state index in [4.69, 9.17) is 11.5 Å². The van der Waals surface area contributed by atoms with Crippen molar-refractivity contribution in [2.24, 2.45) is 17.4 Å². The van der Waals surface area contributed by atoms with E-state index in [1.807, 2.05) is 0 Å². The monoisotopic (exact) mass is 457 g/mol.